The van der Waals surface area contributed by atoms with Crippen LogP contribution in [0.2, 0.25) is 0 Å². The van der Waals surface area contributed by atoms with Crippen molar-refractivity contribution >= 4 is 5.69 Å². The summed E-state index contributed by atoms with van der Waals surface area (Å²) in [4.78, 5) is 0. The third kappa shape index (κ3) is 1.29. The van der Waals surface area contributed by atoms with Gasteiger partial charge in [0.2, 0.25) is 0 Å². The maximum absolute atomic E-state index is 5.69. The fourth-order valence-electron chi connectivity index (χ4n) is 1.60. The molecule has 3 nitrogen and oxygen atoms in total. The Morgan fingerprint density at radius 2 is 2.08 bits per heavy atom. The zero-order valence-corrected chi connectivity index (χ0v) is 6.96. The van der Waals surface area contributed by atoms with Gasteiger partial charge in [-0.15, -0.1) is 0 Å². The summed E-state index contributed by atoms with van der Waals surface area (Å²) in [5.41, 5.74) is 9.14. The van der Waals surface area contributed by atoms with Crippen LogP contribution < -0.4 is 11.6 Å². The number of hydrogen-bond acceptors (Lipinski definition) is 3. The zero-order valence-electron chi connectivity index (χ0n) is 6.96. The third-order valence-electron chi connectivity index (χ3n) is 2.27. The Balaban J connectivity index is 2.37. The molecule has 0 spiro atoms. The number of nitrogens with two attached hydrogens (primary N) is 2. The summed E-state index contributed by atoms with van der Waals surface area (Å²) in [6, 6.07) is 6.05. The quantitative estimate of drug-likeness (QED) is 0.432. The summed E-state index contributed by atoms with van der Waals surface area (Å²) in [5, 5.41) is 1.82. The van der Waals surface area contributed by atoms with Crippen molar-refractivity contribution in [3.8, 4) is 0 Å². The highest BCUT2D eigenvalue weighted by Crippen LogP contribution is 2.19. The Morgan fingerprint density at radius 1 is 1.25 bits per heavy atom. The summed E-state index contributed by atoms with van der Waals surface area (Å²) in [7, 11) is 0. The Morgan fingerprint density at radius 3 is 2.92 bits per heavy atom. The number of hydrazine groups is 1. The number of benzene rings is 1. The van der Waals surface area contributed by atoms with E-state index in [1.54, 1.807) is 0 Å². The second-order valence-electron chi connectivity index (χ2n) is 3.25. The number of nitrogens with zero attached hydrogens (tertiary/aromatic N) is 1. The molecular formula is C9H13N3. The molecule has 0 radical (unpaired) electrons. The Hall–Kier alpha value is -1.06. The van der Waals surface area contributed by atoms with E-state index in [1.165, 1.54) is 11.1 Å². The molecule has 0 saturated heterocycles. The van der Waals surface area contributed by atoms with Gasteiger partial charge in [-0.2, -0.15) is 0 Å². The van der Waals surface area contributed by atoms with Crippen LogP contribution in [0.4, 0.5) is 5.69 Å². The smallest absolute Gasteiger partial charge is 0.0383 e. The number of hydrogen-bond donors (Lipinski definition) is 2. The number of rotatable bonds is 0. The lowest BCUT2D eigenvalue weighted by molar-refractivity contribution is 0.263. The molecule has 0 fully saturated rings. The largest absolute Gasteiger partial charge is 0.399 e. The second kappa shape index (κ2) is 2.77. The van der Waals surface area contributed by atoms with Crippen LogP contribution in [0.5, 0.6) is 0 Å². The van der Waals surface area contributed by atoms with Gasteiger partial charge in [-0.05, 0) is 29.7 Å². The van der Waals surface area contributed by atoms with Crippen LogP contribution in [0.3, 0.4) is 0 Å². The summed E-state index contributed by atoms with van der Waals surface area (Å²) in [6.07, 6.45) is 1.03. The summed E-state index contributed by atoms with van der Waals surface area (Å²) in [5.74, 6) is 5.69. The molecule has 0 amide bonds. The molecule has 1 aliphatic rings. The van der Waals surface area contributed by atoms with Gasteiger partial charge < -0.3 is 5.73 Å². The number of fused-ring (bicyclic) bond motifs is 1. The molecule has 0 bridgehead atoms. The van der Waals surface area contributed by atoms with Crippen molar-refractivity contribution in [3.05, 3.63) is 29.3 Å². The minimum Gasteiger partial charge on any atom is -0.399 e. The van der Waals surface area contributed by atoms with Gasteiger partial charge in [-0.3, -0.25) is 5.84 Å². The van der Waals surface area contributed by atoms with Crippen LogP contribution in [-0.4, -0.2) is 11.6 Å². The molecule has 0 unspecified atom stereocenters. The first-order chi connectivity index (χ1) is 5.75. The maximum atomic E-state index is 5.69. The molecule has 0 aromatic heterocycles. The summed E-state index contributed by atoms with van der Waals surface area (Å²) < 4.78 is 0. The van der Waals surface area contributed by atoms with Crippen LogP contribution in [-0.2, 0) is 13.0 Å². The number of nitrogen functional groups attached to an aromatic ring is 1. The van der Waals surface area contributed by atoms with Crippen LogP contribution in [0.1, 0.15) is 11.1 Å². The molecular weight excluding hydrogens is 150 g/mol. The standard InChI is InChI=1S/C9H13N3/c10-9-2-1-7-3-4-12(11)6-8(7)5-9/h1-2,5H,3-4,6,10-11H2. The average Bonchev–Trinajstić information content (AvgIpc) is 2.03. The van der Waals surface area contributed by atoms with Crippen LogP contribution in [0.15, 0.2) is 18.2 Å². The SMILES string of the molecule is Nc1ccc2c(c1)CN(N)CC2. The van der Waals surface area contributed by atoms with Gasteiger partial charge in [0, 0.05) is 18.8 Å². The second-order valence-corrected chi connectivity index (χ2v) is 3.25. The van der Waals surface area contributed by atoms with E-state index in [0.717, 1.165) is 25.2 Å². The van der Waals surface area contributed by atoms with Crippen LogP contribution >= 0.6 is 0 Å². The molecule has 1 aromatic rings. The molecule has 4 N–H and O–H groups in total. The van der Waals surface area contributed by atoms with Crippen molar-refractivity contribution in [2.45, 2.75) is 13.0 Å². The molecule has 12 heavy (non-hydrogen) atoms. The molecule has 1 heterocycles. The normalized spacial score (nSPS) is 17.4. The van der Waals surface area contributed by atoms with E-state index in [4.69, 9.17) is 11.6 Å². The topological polar surface area (TPSA) is 55.3 Å². The van der Waals surface area contributed by atoms with Gasteiger partial charge in [0.1, 0.15) is 0 Å². The Labute approximate surface area is 71.9 Å². The van der Waals surface area contributed by atoms with Crippen molar-refractivity contribution in [2.24, 2.45) is 5.84 Å². The van der Waals surface area contributed by atoms with Gasteiger partial charge in [0.25, 0.3) is 0 Å². The highest BCUT2D eigenvalue weighted by Gasteiger charge is 2.12. The number of anilines is 1. The minimum absolute atomic E-state index is 0.820. The van der Waals surface area contributed by atoms with Crippen LogP contribution in [0.25, 0.3) is 0 Å². The maximum Gasteiger partial charge on any atom is 0.0383 e. The van der Waals surface area contributed by atoms with E-state index >= 15 is 0 Å². The lowest BCUT2D eigenvalue weighted by Gasteiger charge is -2.24. The molecule has 1 aromatic carbocycles. The lowest BCUT2D eigenvalue weighted by Crippen LogP contribution is -2.36. The molecule has 0 aliphatic carbocycles. The van der Waals surface area contributed by atoms with Gasteiger partial charge in [0.15, 0.2) is 0 Å². The van der Waals surface area contributed by atoms with E-state index in [-0.39, 0.29) is 0 Å². The predicted molar refractivity (Wildman–Crippen MR) is 49.2 cm³/mol. The fraction of sp³-hybridized carbons (Fsp3) is 0.333. The van der Waals surface area contributed by atoms with E-state index in [9.17, 15) is 0 Å². The molecule has 0 saturated carbocycles. The molecule has 64 valence electrons. The van der Waals surface area contributed by atoms with Crippen molar-refractivity contribution < 1.29 is 0 Å². The first-order valence-electron chi connectivity index (χ1n) is 4.12. The monoisotopic (exact) mass is 163 g/mol. The van der Waals surface area contributed by atoms with E-state index < -0.39 is 0 Å². The molecule has 2 rings (SSSR count). The molecule has 0 atom stereocenters. The third-order valence-corrected chi connectivity index (χ3v) is 2.27. The van der Waals surface area contributed by atoms with Gasteiger partial charge in [-0.1, -0.05) is 6.07 Å². The molecule has 3 heteroatoms. The van der Waals surface area contributed by atoms with Gasteiger partial charge in [-0.25, -0.2) is 5.01 Å². The van der Waals surface area contributed by atoms with Crippen molar-refractivity contribution in [2.75, 3.05) is 12.3 Å². The first kappa shape index (κ1) is 7.58. The zero-order chi connectivity index (χ0) is 8.55. The van der Waals surface area contributed by atoms with E-state index in [1.807, 2.05) is 17.1 Å². The van der Waals surface area contributed by atoms with Crippen molar-refractivity contribution in [1.82, 2.24) is 5.01 Å². The molecule has 1 aliphatic heterocycles. The Kier molecular flexibility index (Phi) is 1.75. The van der Waals surface area contributed by atoms with Gasteiger partial charge in [0.05, 0.1) is 0 Å². The minimum atomic E-state index is 0.820. The van der Waals surface area contributed by atoms with Crippen molar-refractivity contribution in [1.29, 1.82) is 0 Å². The predicted octanol–water partition coefficient (Wildman–Crippen LogP) is 0.501. The highest BCUT2D eigenvalue weighted by molar-refractivity contribution is 5.45. The Bertz CT molecular complexity index is 296. The summed E-state index contributed by atoms with van der Waals surface area (Å²) >= 11 is 0. The first-order valence-corrected chi connectivity index (χ1v) is 4.12. The van der Waals surface area contributed by atoms with Gasteiger partial charge >= 0.3 is 0 Å². The fourth-order valence-corrected chi connectivity index (χ4v) is 1.60. The van der Waals surface area contributed by atoms with Crippen molar-refractivity contribution in [3.63, 3.8) is 0 Å². The van der Waals surface area contributed by atoms with Crippen LogP contribution in [0, 0.1) is 0 Å². The average molecular weight is 163 g/mol. The van der Waals surface area contributed by atoms with E-state index in [0.29, 0.717) is 0 Å². The summed E-state index contributed by atoms with van der Waals surface area (Å²) in [6.45, 7) is 1.76. The highest BCUT2D eigenvalue weighted by atomic mass is 15.4. The lowest BCUT2D eigenvalue weighted by atomic mass is 10.0. The van der Waals surface area contributed by atoms with E-state index in [2.05, 4.69) is 6.07 Å².